The van der Waals surface area contributed by atoms with E-state index in [9.17, 15) is 14.4 Å². The van der Waals surface area contributed by atoms with E-state index in [0.29, 0.717) is 32.7 Å². The van der Waals surface area contributed by atoms with E-state index in [0.717, 1.165) is 4.88 Å². The molecule has 0 saturated carbocycles. The van der Waals surface area contributed by atoms with Crippen LogP contribution in [0, 0.1) is 0 Å². The largest absolute Gasteiger partial charge is 0.459 e. The summed E-state index contributed by atoms with van der Waals surface area (Å²) in [4.78, 5) is 39.4. The molecule has 21 heavy (non-hydrogen) atoms. The number of hydrogen-bond donors (Lipinski definition) is 0. The lowest BCUT2D eigenvalue weighted by Gasteiger charge is -2.33. The number of carbonyl (C=O) groups excluding carboxylic acids is 3. The van der Waals surface area contributed by atoms with Gasteiger partial charge in [0.2, 0.25) is 0 Å². The Labute approximate surface area is 127 Å². The fourth-order valence-electron chi connectivity index (χ4n) is 2.15. The Hall–Kier alpha value is -1.73. The van der Waals surface area contributed by atoms with Crippen molar-refractivity contribution < 1.29 is 19.1 Å². The third-order valence-corrected chi connectivity index (χ3v) is 4.18. The number of piperazine rings is 1. The van der Waals surface area contributed by atoms with Crippen molar-refractivity contribution in [2.24, 2.45) is 0 Å². The van der Waals surface area contributed by atoms with E-state index in [1.807, 2.05) is 22.4 Å². The molecule has 0 aliphatic carbocycles. The van der Waals surface area contributed by atoms with Crippen molar-refractivity contribution in [1.29, 1.82) is 0 Å². The fraction of sp³-hybridized carbons (Fsp3) is 0.500. The first-order chi connectivity index (χ1) is 10.1. The normalized spacial score (nSPS) is 15.8. The van der Waals surface area contributed by atoms with Crippen molar-refractivity contribution in [2.75, 3.05) is 39.3 Å². The Morgan fingerprint density at radius 2 is 1.95 bits per heavy atom. The molecule has 2 rings (SSSR count). The Balaban J connectivity index is 1.79. The lowest BCUT2D eigenvalue weighted by Crippen LogP contribution is -2.51. The smallest absolute Gasteiger partial charge is 0.397 e. The van der Waals surface area contributed by atoms with Gasteiger partial charge >= 0.3 is 11.9 Å². The number of amides is 1. The summed E-state index contributed by atoms with van der Waals surface area (Å²) in [5.41, 5.74) is 0. The molecule has 0 N–H and O–H groups in total. The van der Waals surface area contributed by atoms with Gasteiger partial charge in [0.15, 0.2) is 5.78 Å². The summed E-state index contributed by atoms with van der Waals surface area (Å²) in [5.74, 6) is -1.31. The second-order valence-electron chi connectivity index (χ2n) is 4.69. The Bertz CT molecular complexity index is 507. The number of Topliss-reactive ketones (excluding diaryl/α,β-unsaturated/α-hetero) is 1. The average molecular weight is 310 g/mol. The summed E-state index contributed by atoms with van der Waals surface area (Å²) < 4.78 is 4.70. The molecule has 0 spiro atoms. The summed E-state index contributed by atoms with van der Waals surface area (Å²) in [6, 6.07) is 3.67. The van der Waals surface area contributed by atoms with E-state index >= 15 is 0 Å². The molecule has 1 saturated heterocycles. The summed E-state index contributed by atoms with van der Waals surface area (Å²) in [6.45, 7) is 4.26. The molecule has 1 aliphatic rings. The molecule has 1 amide bonds. The number of ketones is 1. The maximum Gasteiger partial charge on any atom is 0.397 e. The maximum absolute atomic E-state index is 12.0. The van der Waals surface area contributed by atoms with Crippen LogP contribution in [-0.4, -0.2) is 66.8 Å². The number of rotatable bonds is 4. The zero-order valence-corrected chi connectivity index (χ0v) is 12.7. The Morgan fingerprint density at radius 1 is 1.24 bits per heavy atom. The molecule has 7 heteroatoms. The molecule has 1 aliphatic heterocycles. The molecular formula is C14H18N2O4S. The van der Waals surface area contributed by atoms with Crippen molar-refractivity contribution in [3.05, 3.63) is 22.4 Å². The molecular weight excluding hydrogens is 292 g/mol. The van der Waals surface area contributed by atoms with Crippen LogP contribution in [0.1, 0.15) is 16.6 Å². The van der Waals surface area contributed by atoms with Gasteiger partial charge in [-0.05, 0) is 18.4 Å². The van der Waals surface area contributed by atoms with E-state index in [2.05, 4.69) is 0 Å². The summed E-state index contributed by atoms with van der Waals surface area (Å²) >= 11 is 1.43. The fourth-order valence-corrected chi connectivity index (χ4v) is 2.81. The molecule has 0 unspecified atom stereocenters. The first kappa shape index (κ1) is 15.7. The molecule has 2 heterocycles. The van der Waals surface area contributed by atoms with Crippen LogP contribution in [0.4, 0.5) is 0 Å². The van der Waals surface area contributed by atoms with Gasteiger partial charge in [0.25, 0.3) is 0 Å². The zero-order chi connectivity index (χ0) is 15.2. The van der Waals surface area contributed by atoms with E-state index in [1.54, 1.807) is 6.92 Å². The minimum absolute atomic E-state index is 0.0927. The average Bonchev–Trinajstić information content (AvgIpc) is 3.02. The SMILES string of the molecule is CCOC(=O)C(=O)N1CCN(CC(=O)c2cccs2)CC1. The van der Waals surface area contributed by atoms with Crippen LogP contribution in [0.3, 0.4) is 0 Å². The first-order valence-corrected chi connectivity index (χ1v) is 7.75. The van der Waals surface area contributed by atoms with Gasteiger partial charge in [0, 0.05) is 26.2 Å². The third-order valence-electron chi connectivity index (χ3n) is 3.27. The van der Waals surface area contributed by atoms with Crippen LogP contribution < -0.4 is 0 Å². The lowest BCUT2D eigenvalue weighted by molar-refractivity contribution is -0.160. The second-order valence-corrected chi connectivity index (χ2v) is 5.64. The van der Waals surface area contributed by atoms with E-state index in [1.165, 1.54) is 16.2 Å². The summed E-state index contributed by atoms with van der Waals surface area (Å²) in [5, 5.41) is 1.88. The number of hydrogen-bond acceptors (Lipinski definition) is 6. The van der Waals surface area contributed by atoms with Gasteiger partial charge in [0.05, 0.1) is 18.0 Å². The summed E-state index contributed by atoms with van der Waals surface area (Å²) in [6.07, 6.45) is 0. The van der Waals surface area contributed by atoms with Crippen LogP contribution in [0.25, 0.3) is 0 Å². The topological polar surface area (TPSA) is 66.9 Å². The van der Waals surface area contributed by atoms with Gasteiger partial charge in [0.1, 0.15) is 0 Å². The Morgan fingerprint density at radius 3 is 2.52 bits per heavy atom. The molecule has 114 valence electrons. The maximum atomic E-state index is 12.0. The second kappa shape index (κ2) is 7.33. The van der Waals surface area contributed by atoms with Crippen molar-refractivity contribution in [2.45, 2.75) is 6.92 Å². The highest BCUT2D eigenvalue weighted by Gasteiger charge is 2.27. The standard InChI is InChI=1S/C14H18N2O4S/c1-2-20-14(19)13(18)16-7-5-15(6-8-16)10-11(17)12-4-3-9-21-12/h3-4,9H,2,5-8,10H2,1H3. The first-order valence-electron chi connectivity index (χ1n) is 6.87. The highest BCUT2D eigenvalue weighted by Crippen LogP contribution is 2.11. The lowest BCUT2D eigenvalue weighted by atomic mass is 10.2. The molecule has 0 atom stereocenters. The van der Waals surface area contributed by atoms with Gasteiger partial charge in [-0.2, -0.15) is 0 Å². The molecule has 1 aromatic rings. The minimum Gasteiger partial charge on any atom is -0.459 e. The number of ether oxygens (including phenoxy) is 1. The van der Waals surface area contributed by atoms with Crippen molar-refractivity contribution >= 4 is 29.0 Å². The number of thiophene rings is 1. The molecule has 1 aromatic heterocycles. The van der Waals surface area contributed by atoms with Crippen LogP contribution in [0.5, 0.6) is 0 Å². The Kier molecular flexibility index (Phi) is 5.46. The quantitative estimate of drug-likeness (QED) is 0.464. The number of carbonyl (C=O) groups is 3. The third kappa shape index (κ3) is 4.12. The number of esters is 1. The molecule has 0 radical (unpaired) electrons. The van der Waals surface area contributed by atoms with Crippen LogP contribution >= 0.6 is 11.3 Å². The van der Waals surface area contributed by atoms with Crippen LogP contribution in [-0.2, 0) is 14.3 Å². The van der Waals surface area contributed by atoms with Crippen molar-refractivity contribution in [3.63, 3.8) is 0 Å². The van der Waals surface area contributed by atoms with Gasteiger partial charge in [-0.25, -0.2) is 4.79 Å². The highest BCUT2D eigenvalue weighted by atomic mass is 32.1. The number of nitrogens with zero attached hydrogens (tertiary/aromatic N) is 2. The van der Waals surface area contributed by atoms with Gasteiger partial charge in [-0.1, -0.05) is 6.07 Å². The van der Waals surface area contributed by atoms with Crippen molar-refractivity contribution in [3.8, 4) is 0 Å². The predicted molar refractivity (Wildman–Crippen MR) is 78.3 cm³/mol. The van der Waals surface area contributed by atoms with Gasteiger partial charge in [-0.3, -0.25) is 14.5 Å². The van der Waals surface area contributed by atoms with E-state index in [-0.39, 0.29) is 12.4 Å². The summed E-state index contributed by atoms with van der Waals surface area (Å²) in [7, 11) is 0. The van der Waals surface area contributed by atoms with E-state index < -0.39 is 11.9 Å². The zero-order valence-electron chi connectivity index (χ0n) is 11.9. The van der Waals surface area contributed by atoms with Gasteiger partial charge < -0.3 is 9.64 Å². The molecule has 1 fully saturated rings. The van der Waals surface area contributed by atoms with Gasteiger partial charge in [-0.15, -0.1) is 11.3 Å². The highest BCUT2D eigenvalue weighted by molar-refractivity contribution is 7.12. The molecule has 0 aromatic carbocycles. The van der Waals surface area contributed by atoms with E-state index in [4.69, 9.17) is 4.74 Å². The van der Waals surface area contributed by atoms with Crippen LogP contribution in [0.2, 0.25) is 0 Å². The molecule has 6 nitrogen and oxygen atoms in total. The van der Waals surface area contributed by atoms with Crippen molar-refractivity contribution in [1.82, 2.24) is 9.80 Å². The molecule has 0 bridgehead atoms. The monoisotopic (exact) mass is 310 g/mol. The minimum atomic E-state index is -0.805. The van der Waals surface area contributed by atoms with Crippen LogP contribution in [0.15, 0.2) is 17.5 Å². The predicted octanol–water partition coefficient (Wildman–Crippen LogP) is 0.638.